The van der Waals surface area contributed by atoms with E-state index in [1.807, 2.05) is 0 Å². The van der Waals surface area contributed by atoms with Crippen molar-refractivity contribution >= 4 is 34.7 Å². The van der Waals surface area contributed by atoms with Crippen molar-refractivity contribution in [1.29, 1.82) is 5.26 Å². The number of amides is 1. The van der Waals surface area contributed by atoms with Crippen LogP contribution < -0.4 is 14.2 Å². The maximum absolute atomic E-state index is 14.3. The third-order valence-electron chi connectivity index (χ3n) is 9.42. The van der Waals surface area contributed by atoms with E-state index in [0.29, 0.717) is 43.5 Å². The number of aromatic nitrogens is 3. The summed E-state index contributed by atoms with van der Waals surface area (Å²) in [6.07, 6.45) is 6.91. The van der Waals surface area contributed by atoms with Crippen LogP contribution in [0.2, 0.25) is 0 Å². The number of aromatic amines is 1. The number of carbonyl (C=O) groups excluding carboxylic acids is 2. The molecule has 0 spiro atoms. The molecule has 1 amide bonds. The molecule has 2 fully saturated rings. The fourth-order valence-electron chi connectivity index (χ4n) is 7.08. The second-order valence-corrected chi connectivity index (χ2v) is 13.6. The van der Waals surface area contributed by atoms with E-state index in [0.717, 1.165) is 51.4 Å². The molecule has 1 aliphatic heterocycles. The van der Waals surface area contributed by atoms with Crippen LogP contribution in [0, 0.1) is 29.1 Å². The number of H-pyrrole nitrogens is 1. The number of hydrogen-bond donors (Lipinski definition) is 3. The van der Waals surface area contributed by atoms with Gasteiger partial charge in [0.25, 0.3) is 11.3 Å². The molecule has 266 valence electrons. The molecule has 0 radical (unpaired) electrons. The van der Waals surface area contributed by atoms with Crippen molar-refractivity contribution in [3.8, 4) is 29.1 Å². The number of methoxy groups -OCH3 is 1. The average molecular weight is 699 g/mol. The van der Waals surface area contributed by atoms with Gasteiger partial charge >= 0.3 is 12.1 Å². The number of nitrogens with zero attached hydrogens (tertiary/aromatic N) is 4. The number of nitrogens with one attached hydrogen (secondary N) is 2. The molecular formula is C34H46N6O8S. The Balaban J connectivity index is 1.59. The van der Waals surface area contributed by atoms with Crippen molar-refractivity contribution in [2.24, 2.45) is 17.8 Å². The summed E-state index contributed by atoms with van der Waals surface area (Å²) in [5, 5.41) is 13.5. The van der Waals surface area contributed by atoms with Gasteiger partial charge in [0.15, 0.2) is 11.5 Å². The van der Waals surface area contributed by atoms with Crippen molar-refractivity contribution in [2.75, 3.05) is 38.1 Å². The Bertz CT molecular complexity index is 1680. The third-order valence-corrected chi connectivity index (χ3v) is 9.81. The van der Waals surface area contributed by atoms with Crippen molar-refractivity contribution in [3.05, 3.63) is 29.3 Å². The highest BCUT2D eigenvalue weighted by molar-refractivity contribution is 7.80. The molecule has 3 N–H and O–H groups in total. The van der Waals surface area contributed by atoms with Crippen LogP contribution in [0.3, 0.4) is 0 Å². The SMILES string of the molecule is CCCCC1CC(C)CC(CCCC)C1OC(=O)c1c(C#N)c(OC(=O)N2CCOCC2)n2[nH]c(-c3ccc(OC)c(NS(=O)O)c3)nc12. The quantitative estimate of drug-likeness (QED) is 0.138. The van der Waals surface area contributed by atoms with Crippen LogP contribution in [0.5, 0.6) is 11.6 Å². The number of rotatable bonds is 13. The minimum absolute atomic E-state index is 0.0526. The Morgan fingerprint density at radius 2 is 1.84 bits per heavy atom. The van der Waals surface area contributed by atoms with Crippen LogP contribution in [-0.2, 0) is 20.7 Å². The second kappa shape index (κ2) is 16.5. The van der Waals surface area contributed by atoms with Gasteiger partial charge in [-0.1, -0.05) is 46.5 Å². The summed E-state index contributed by atoms with van der Waals surface area (Å²) in [5.74, 6) is 0.558. The van der Waals surface area contributed by atoms with Gasteiger partial charge in [0.2, 0.25) is 5.88 Å². The minimum Gasteiger partial charge on any atom is -0.495 e. The maximum Gasteiger partial charge on any atom is 0.416 e. The molecule has 2 aliphatic rings. The number of benzene rings is 1. The lowest BCUT2D eigenvalue weighted by Crippen LogP contribution is -2.42. The van der Waals surface area contributed by atoms with Gasteiger partial charge in [-0.25, -0.2) is 23.3 Å². The van der Waals surface area contributed by atoms with E-state index >= 15 is 0 Å². The molecule has 3 aromatic rings. The molecule has 3 heterocycles. The Labute approximate surface area is 288 Å². The van der Waals surface area contributed by atoms with Gasteiger partial charge in [0, 0.05) is 18.7 Å². The smallest absolute Gasteiger partial charge is 0.416 e. The topological polar surface area (TPSA) is 181 Å². The number of unbranched alkanes of at least 4 members (excludes halogenated alkanes) is 2. The molecule has 3 atom stereocenters. The first-order chi connectivity index (χ1) is 23.7. The molecule has 1 aromatic carbocycles. The first kappa shape index (κ1) is 36.2. The average Bonchev–Trinajstić information content (AvgIpc) is 3.64. The largest absolute Gasteiger partial charge is 0.495 e. The molecule has 14 nitrogen and oxygen atoms in total. The minimum atomic E-state index is -2.38. The zero-order valence-corrected chi connectivity index (χ0v) is 29.3. The predicted octanol–water partition coefficient (Wildman–Crippen LogP) is 6.16. The predicted molar refractivity (Wildman–Crippen MR) is 183 cm³/mol. The Morgan fingerprint density at radius 1 is 1.16 bits per heavy atom. The van der Waals surface area contributed by atoms with Crippen molar-refractivity contribution in [2.45, 2.75) is 78.2 Å². The standard InChI is InChI=1S/C34H46N6O8S/c1-5-7-9-22-17-21(3)18-23(10-8-6-2)29(22)47-33(41)28-25(20-35)32(48-34(42)39-13-15-46-16-14-39)40-31(28)36-30(37-40)24-11-12-27(45-4)26(19-24)38-49(43)44/h11-12,19,21-23,29,38H,5-10,13-18H2,1-4H3,(H,36,37)(H,43,44). The first-order valence-electron chi connectivity index (χ1n) is 17.0. The number of morpholine rings is 1. The van der Waals surface area contributed by atoms with Crippen LogP contribution in [0.25, 0.3) is 17.0 Å². The van der Waals surface area contributed by atoms with Crippen molar-refractivity contribution < 1.29 is 37.3 Å². The molecule has 1 saturated heterocycles. The van der Waals surface area contributed by atoms with Gasteiger partial charge in [0.1, 0.15) is 29.0 Å². The van der Waals surface area contributed by atoms with E-state index in [4.69, 9.17) is 23.9 Å². The number of nitriles is 1. The number of carbonyl (C=O) groups is 2. The van der Waals surface area contributed by atoms with E-state index in [9.17, 15) is 23.6 Å². The normalized spacial score (nSPS) is 21.6. The van der Waals surface area contributed by atoms with Crippen LogP contribution in [0.15, 0.2) is 18.2 Å². The van der Waals surface area contributed by atoms with Crippen molar-refractivity contribution in [1.82, 2.24) is 19.5 Å². The molecule has 1 aliphatic carbocycles. The highest BCUT2D eigenvalue weighted by atomic mass is 32.2. The van der Waals surface area contributed by atoms with Gasteiger partial charge in [-0.15, -0.1) is 0 Å². The molecule has 15 heteroatoms. The summed E-state index contributed by atoms with van der Waals surface area (Å²) >= 11 is -2.38. The van der Waals surface area contributed by atoms with Gasteiger partial charge in [-0.2, -0.15) is 5.26 Å². The highest BCUT2D eigenvalue weighted by Gasteiger charge is 2.40. The number of anilines is 1. The molecule has 49 heavy (non-hydrogen) atoms. The van der Waals surface area contributed by atoms with E-state index < -0.39 is 23.3 Å². The Morgan fingerprint density at radius 3 is 2.43 bits per heavy atom. The number of hydrogen-bond acceptors (Lipinski definition) is 9. The molecule has 0 bridgehead atoms. The lowest BCUT2D eigenvalue weighted by Gasteiger charge is -2.40. The van der Waals surface area contributed by atoms with E-state index in [2.05, 4.69) is 36.7 Å². The van der Waals surface area contributed by atoms with Crippen LogP contribution in [0.4, 0.5) is 10.5 Å². The number of esters is 1. The summed E-state index contributed by atoms with van der Waals surface area (Å²) < 4.78 is 47.7. The summed E-state index contributed by atoms with van der Waals surface area (Å²) in [6.45, 7) is 7.88. The molecule has 2 aromatic heterocycles. The van der Waals surface area contributed by atoms with Crippen molar-refractivity contribution in [3.63, 3.8) is 0 Å². The molecule has 3 unspecified atom stereocenters. The lowest BCUT2D eigenvalue weighted by atomic mass is 9.70. The highest BCUT2D eigenvalue weighted by Crippen LogP contribution is 2.42. The summed E-state index contributed by atoms with van der Waals surface area (Å²) in [6, 6.07) is 6.89. The first-order valence-corrected chi connectivity index (χ1v) is 18.1. The summed E-state index contributed by atoms with van der Waals surface area (Å²) in [7, 11) is 1.43. The van der Waals surface area contributed by atoms with Crippen LogP contribution >= 0.6 is 0 Å². The van der Waals surface area contributed by atoms with Crippen LogP contribution in [0.1, 0.15) is 88.1 Å². The maximum atomic E-state index is 14.3. The van der Waals surface area contributed by atoms with E-state index in [-0.39, 0.29) is 52.1 Å². The van der Waals surface area contributed by atoms with E-state index in [1.165, 1.54) is 16.5 Å². The Kier molecular flexibility index (Phi) is 12.2. The fraction of sp³-hybridized carbons (Fsp3) is 0.588. The zero-order chi connectivity index (χ0) is 35.1. The second-order valence-electron chi connectivity index (χ2n) is 12.9. The third kappa shape index (κ3) is 8.20. The zero-order valence-electron chi connectivity index (χ0n) is 28.5. The number of fused-ring (bicyclic) bond motifs is 1. The molecular weight excluding hydrogens is 652 g/mol. The van der Waals surface area contributed by atoms with Gasteiger partial charge < -0.3 is 23.8 Å². The number of ether oxygens (including phenoxy) is 4. The van der Waals surface area contributed by atoms with Gasteiger partial charge in [0.05, 0.1) is 26.0 Å². The van der Waals surface area contributed by atoms with Gasteiger partial charge in [-0.3, -0.25) is 14.4 Å². The summed E-state index contributed by atoms with van der Waals surface area (Å²) in [5.41, 5.74) is 0.475. The summed E-state index contributed by atoms with van der Waals surface area (Å²) in [4.78, 5) is 33.8. The molecule has 5 rings (SSSR count). The molecule has 1 saturated carbocycles. The lowest BCUT2D eigenvalue weighted by molar-refractivity contribution is -0.0393. The fourth-order valence-corrected chi connectivity index (χ4v) is 7.43. The van der Waals surface area contributed by atoms with E-state index in [1.54, 1.807) is 18.2 Å². The monoisotopic (exact) mass is 698 g/mol. The van der Waals surface area contributed by atoms with Gasteiger partial charge in [-0.05, 0) is 61.6 Å². The van der Waals surface area contributed by atoms with Crippen LogP contribution in [-0.4, -0.2) is 79.8 Å². The Hall–Kier alpha value is -4.13.